The molecule has 0 radical (unpaired) electrons. The lowest BCUT2D eigenvalue weighted by Gasteiger charge is -2.33. The van der Waals surface area contributed by atoms with Gasteiger partial charge >= 0.3 is 11.9 Å². The molecule has 5 N–H and O–H groups in total. The first-order valence-corrected chi connectivity index (χ1v) is 8.04. The molecular weight excluding hydrogens is 364 g/mol. The van der Waals surface area contributed by atoms with Crippen LogP contribution in [-0.4, -0.2) is 74.3 Å². The lowest BCUT2D eigenvalue weighted by atomic mass is 9.96. The summed E-state index contributed by atoms with van der Waals surface area (Å²) in [5.41, 5.74) is 0.432. The number of carboxylic acid groups (broad SMARTS) is 1. The summed E-state index contributed by atoms with van der Waals surface area (Å²) < 4.78 is 15.5. The van der Waals surface area contributed by atoms with Crippen LogP contribution in [0.2, 0.25) is 0 Å². The molecule has 2 aliphatic heterocycles. The summed E-state index contributed by atoms with van der Waals surface area (Å²) in [7, 11) is 0. The third kappa shape index (κ3) is 3.74. The maximum absolute atomic E-state index is 11.8. The molecule has 0 amide bonds. The summed E-state index contributed by atoms with van der Waals surface area (Å²) in [6, 6.07) is 3.96. The Balaban J connectivity index is 1.61. The number of ether oxygens (including phenoxy) is 3. The van der Waals surface area contributed by atoms with Gasteiger partial charge in [0.2, 0.25) is 0 Å². The zero-order valence-electron chi connectivity index (χ0n) is 13.9. The van der Waals surface area contributed by atoms with Crippen LogP contribution in [0.4, 0.5) is 0 Å². The molecule has 10 heteroatoms. The molecule has 2 bridgehead atoms. The van der Waals surface area contributed by atoms with E-state index in [0.29, 0.717) is 5.56 Å². The number of aliphatic carboxylic acids is 1. The zero-order chi connectivity index (χ0) is 19.8. The smallest absolute Gasteiger partial charge is 0.364 e. The number of aliphatic hydroxyl groups excluding tert-OH is 2. The van der Waals surface area contributed by atoms with Crippen molar-refractivity contribution in [1.82, 2.24) is 0 Å². The van der Waals surface area contributed by atoms with E-state index in [9.17, 15) is 35.1 Å². The molecule has 3 rings (SSSR count). The molecule has 10 nitrogen and oxygen atoms in total. The van der Waals surface area contributed by atoms with Crippen molar-refractivity contribution in [3.05, 3.63) is 29.8 Å². The van der Waals surface area contributed by atoms with Gasteiger partial charge in [-0.05, 0) is 23.8 Å². The van der Waals surface area contributed by atoms with Crippen LogP contribution >= 0.6 is 0 Å². The van der Waals surface area contributed by atoms with Crippen molar-refractivity contribution < 1.29 is 49.3 Å². The van der Waals surface area contributed by atoms with Crippen LogP contribution < -0.4 is 0 Å². The monoisotopic (exact) mass is 382 g/mol. The average Bonchev–Trinajstić information content (AvgIpc) is 2.95. The number of carbonyl (C=O) groups is 2. The maximum Gasteiger partial charge on any atom is 0.364 e. The Morgan fingerprint density at radius 1 is 1.22 bits per heavy atom. The minimum Gasteiger partial charge on any atom is -0.504 e. The van der Waals surface area contributed by atoms with Gasteiger partial charge in [-0.15, -0.1) is 0 Å². The summed E-state index contributed by atoms with van der Waals surface area (Å²) in [5.74, 6) is -4.96. The van der Waals surface area contributed by atoms with Gasteiger partial charge in [-0.2, -0.15) is 0 Å². The number of phenolic OH excluding ortho intramolecular Hbond substituents is 2. The molecule has 146 valence electrons. The SMILES string of the molecule is O=C(/C=C/c1ccc(O)c(O)c1)OC[C@H]1O[C@@]2(C(=O)O)C[C@@H](O)[C@@H](O)[C@@H]1O2. The van der Waals surface area contributed by atoms with Crippen molar-refractivity contribution in [3.63, 3.8) is 0 Å². The first-order valence-electron chi connectivity index (χ1n) is 8.04. The highest BCUT2D eigenvalue weighted by atomic mass is 16.8. The molecule has 0 saturated carbocycles. The Hall–Kier alpha value is -2.66. The number of aliphatic hydroxyl groups is 2. The van der Waals surface area contributed by atoms with Crippen molar-refractivity contribution in [2.75, 3.05) is 6.61 Å². The number of phenols is 2. The molecule has 0 spiro atoms. The molecular formula is C17H18O10. The number of fused-ring (bicyclic) bond motifs is 2. The van der Waals surface area contributed by atoms with Crippen LogP contribution in [0.3, 0.4) is 0 Å². The fourth-order valence-corrected chi connectivity index (χ4v) is 2.97. The highest BCUT2D eigenvalue weighted by Crippen LogP contribution is 2.40. The normalized spacial score (nSPS) is 32.5. The summed E-state index contributed by atoms with van der Waals surface area (Å²) >= 11 is 0. The first-order chi connectivity index (χ1) is 12.7. The summed E-state index contributed by atoms with van der Waals surface area (Å²) in [6.45, 7) is -0.395. The standard InChI is InChI=1S/C17H18O10/c18-9-3-1-8(5-10(9)19)2-4-13(21)25-7-12-15-14(22)11(20)6-17(26-12,27-15)16(23)24/h1-5,11-12,14-15,18-20,22H,6-7H2,(H,23,24)/b4-2+/t11-,12-,14-,15-,17+/m1/s1. The highest BCUT2D eigenvalue weighted by molar-refractivity contribution is 5.87. The van der Waals surface area contributed by atoms with Crippen LogP contribution in [0.1, 0.15) is 12.0 Å². The van der Waals surface area contributed by atoms with Gasteiger partial charge in [0.05, 0.1) is 6.10 Å². The fraction of sp³-hybridized carbons (Fsp3) is 0.412. The molecule has 2 saturated heterocycles. The van der Waals surface area contributed by atoms with Crippen LogP contribution in [0.25, 0.3) is 6.08 Å². The van der Waals surface area contributed by atoms with Gasteiger partial charge in [0.15, 0.2) is 11.5 Å². The quantitative estimate of drug-likeness (QED) is 0.251. The van der Waals surface area contributed by atoms with E-state index < -0.39 is 55.2 Å². The number of benzene rings is 1. The van der Waals surface area contributed by atoms with Gasteiger partial charge in [-0.25, -0.2) is 9.59 Å². The Bertz CT molecular complexity index is 775. The highest BCUT2D eigenvalue weighted by Gasteiger charge is 2.61. The largest absolute Gasteiger partial charge is 0.504 e. The number of carbonyl (C=O) groups excluding carboxylic acids is 1. The van der Waals surface area contributed by atoms with E-state index >= 15 is 0 Å². The molecule has 2 heterocycles. The molecule has 0 aromatic heterocycles. The van der Waals surface area contributed by atoms with Crippen molar-refractivity contribution in [1.29, 1.82) is 0 Å². The van der Waals surface area contributed by atoms with Gasteiger partial charge < -0.3 is 39.7 Å². The van der Waals surface area contributed by atoms with E-state index in [4.69, 9.17) is 14.2 Å². The minimum absolute atomic E-state index is 0.299. The number of hydrogen-bond donors (Lipinski definition) is 5. The molecule has 1 aromatic rings. The van der Waals surface area contributed by atoms with Crippen LogP contribution in [-0.2, 0) is 23.8 Å². The molecule has 27 heavy (non-hydrogen) atoms. The molecule has 1 aromatic carbocycles. The van der Waals surface area contributed by atoms with E-state index in [1.165, 1.54) is 24.3 Å². The van der Waals surface area contributed by atoms with Crippen LogP contribution in [0.5, 0.6) is 11.5 Å². The van der Waals surface area contributed by atoms with Crippen molar-refractivity contribution in [2.45, 2.75) is 36.6 Å². The maximum atomic E-state index is 11.8. The molecule has 2 fully saturated rings. The predicted molar refractivity (Wildman–Crippen MR) is 86.5 cm³/mol. The Morgan fingerprint density at radius 2 is 1.96 bits per heavy atom. The minimum atomic E-state index is -2.08. The first kappa shape index (κ1) is 19.1. The second kappa shape index (κ2) is 7.16. The number of rotatable bonds is 5. The second-order valence-corrected chi connectivity index (χ2v) is 6.27. The molecule has 5 atom stereocenters. The second-order valence-electron chi connectivity index (χ2n) is 6.27. The number of carboxylic acids is 1. The van der Waals surface area contributed by atoms with Crippen LogP contribution in [0.15, 0.2) is 24.3 Å². The Kier molecular flexibility index (Phi) is 5.07. The third-order valence-electron chi connectivity index (χ3n) is 4.37. The Labute approximate surface area is 152 Å². The predicted octanol–water partition coefficient (Wildman–Crippen LogP) is -0.655. The van der Waals surface area contributed by atoms with Crippen LogP contribution in [0, 0.1) is 0 Å². The topological polar surface area (TPSA) is 163 Å². The van der Waals surface area contributed by atoms with E-state index in [0.717, 1.165) is 6.08 Å². The van der Waals surface area contributed by atoms with Gasteiger partial charge in [0.1, 0.15) is 24.9 Å². The van der Waals surface area contributed by atoms with Gasteiger partial charge in [-0.1, -0.05) is 6.07 Å². The van der Waals surface area contributed by atoms with E-state index in [-0.39, 0.29) is 11.5 Å². The fourth-order valence-electron chi connectivity index (χ4n) is 2.97. The van der Waals surface area contributed by atoms with Crippen molar-refractivity contribution >= 4 is 18.0 Å². The van der Waals surface area contributed by atoms with Gasteiger partial charge in [0.25, 0.3) is 5.79 Å². The lowest BCUT2D eigenvalue weighted by Crippen LogP contribution is -2.53. The molecule has 2 aliphatic rings. The molecule has 0 unspecified atom stereocenters. The van der Waals surface area contributed by atoms with Gasteiger partial charge in [-0.3, -0.25) is 0 Å². The number of hydrogen-bond acceptors (Lipinski definition) is 9. The summed E-state index contributed by atoms with van der Waals surface area (Å²) in [5, 5.41) is 47.6. The zero-order valence-corrected chi connectivity index (χ0v) is 13.9. The number of aromatic hydroxyl groups is 2. The van der Waals surface area contributed by atoms with Gasteiger partial charge in [0, 0.05) is 12.5 Å². The molecule has 0 aliphatic carbocycles. The number of esters is 1. The summed E-state index contributed by atoms with van der Waals surface area (Å²) in [4.78, 5) is 23.2. The Morgan fingerprint density at radius 3 is 2.63 bits per heavy atom. The van der Waals surface area contributed by atoms with Crippen molar-refractivity contribution in [3.8, 4) is 11.5 Å². The average molecular weight is 382 g/mol. The van der Waals surface area contributed by atoms with Crippen molar-refractivity contribution in [2.24, 2.45) is 0 Å². The van der Waals surface area contributed by atoms with E-state index in [1.807, 2.05) is 0 Å². The lowest BCUT2D eigenvalue weighted by molar-refractivity contribution is -0.244. The third-order valence-corrected chi connectivity index (χ3v) is 4.37. The van der Waals surface area contributed by atoms with E-state index in [2.05, 4.69) is 0 Å². The summed E-state index contributed by atoms with van der Waals surface area (Å²) in [6.07, 6.45) is -3.00. The van der Waals surface area contributed by atoms with E-state index in [1.54, 1.807) is 0 Å².